The molecule has 0 saturated carbocycles. The molecule has 1 heterocycles. The molecule has 2 aromatic carbocycles. The van der Waals surface area contributed by atoms with E-state index < -0.39 is 5.97 Å². The molecule has 0 aromatic heterocycles. The summed E-state index contributed by atoms with van der Waals surface area (Å²) in [4.78, 5) is 26.0. The third-order valence-electron chi connectivity index (χ3n) is 3.61. The van der Waals surface area contributed by atoms with Crippen molar-refractivity contribution in [1.82, 2.24) is 0 Å². The van der Waals surface area contributed by atoms with Gasteiger partial charge < -0.3 is 10.0 Å². The van der Waals surface area contributed by atoms with Crippen molar-refractivity contribution in [3.8, 4) is 0 Å². The van der Waals surface area contributed by atoms with Gasteiger partial charge >= 0.3 is 5.97 Å². The Balaban J connectivity index is 1.97. The molecule has 0 spiro atoms. The van der Waals surface area contributed by atoms with Crippen LogP contribution in [0.15, 0.2) is 47.4 Å². The number of amides is 1. The zero-order chi connectivity index (χ0) is 15.7. The fourth-order valence-electron chi connectivity index (χ4n) is 2.38. The summed E-state index contributed by atoms with van der Waals surface area (Å²) in [5.41, 5.74) is 3.07. The molecule has 22 heavy (non-hydrogen) atoms. The van der Waals surface area contributed by atoms with Gasteiger partial charge in [-0.3, -0.25) is 4.79 Å². The van der Waals surface area contributed by atoms with Crippen LogP contribution in [0.3, 0.4) is 0 Å². The van der Waals surface area contributed by atoms with Gasteiger partial charge in [0, 0.05) is 4.90 Å². The highest BCUT2D eigenvalue weighted by Crippen LogP contribution is 2.36. The van der Waals surface area contributed by atoms with E-state index in [-0.39, 0.29) is 11.5 Å². The first-order chi connectivity index (χ1) is 10.5. The standard InChI is InChI=1S/C17H15NO3S/c1-11-2-4-12(5-3-11)9-18-14-8-13(17(20)21)6-7-15(14)22-10-16(18)19/h2-8H,9-10H2,1H3,(H,20,21). The van der Waals surface area contributed by atoms with E-state index in [4.69, 9.17) is 5.11 Å². The monoisotopic (exact) mass is 313 g/mol. The van der Waals surface area contributed by atoms with Gasteiger partial charge in [0.25, 0.3) is 0 Å². The second-order valence-corrected chi connectivity index (χ2v) is 6.26. The van der Waals surface area contributed by atoms with Crippen LogP contribution in [-0.2, 0) is 11.3 Å². The first-order valence-corrected chi connectivity index (χ1v) is 7.89. The molecule has 0 bridgehead atoms. The van der Waals surface area contributed by atoms with Crippen LogP contribution in [-0.4, -0.2) is 22.7 Å². The number of carbonyl (C=O) groups is 2. The van der Waals surface area contributed by atoms with Crippen LogP contribution in [0.2, 0.25) is 0 Å². The largest absolute Gasteiger partial charge is 0.478 e. The summed E-state index contributed by atoms with van der Waals surface area (Å²) in [5.74, 6) is -0.604. The maximum atomic E-state index is 12.3. The molecule has 112 valence electrons. The van der Waals surface area contributed by atoms with Gasteiger partial charge in [0.2, 0.25) is 5.91 Å². The maximum Gasteiger partial charge on any atom is 0.335 e. The number of aryl methyl sites for hydroxylation is 1. The van der Waals surface area contributed by atoms with Crippen molar-refractivity contribution in [3.05, 3.63) is 59.2 Å². The molecule has 3 rings (SSSR count). The minimum Gasteiger partial charge on any atom is -0.478 e. The summed E-state index contributed by atoms with van der Waals surface area (Å²) in [6.07, 6.45) is 0. The molecule has 0 atom stereocenters. The lowest BCUT2D eigenvalue weighted by Crippen LogP contribution is -2.35. The normalized spacial score (nSPS) is 13.9. The SMILES string of the molecule is Cc1ccc(CN2C(=O)CSc3ccc(C(=O)O)cc32)cc1. The fraction of sp³-hybridized carbons (Fsp3) is 0.176. The summed E-state index contributed by atoms with van der Waals surface area (Å²) < 4.78 is 0. The smallest absolute Gasteiger partial charge is 0.335 e. The number of fused-ring (bicyclic) bond motifs is 1. The number of carboxylic acid groups (broad SMARTS) is 1. The number of benzene rings is 2. The van der Waals surface area contributed by atoms with Gasteiger partial charge in [-0.1, -0.05) is 29.8 Å². The van der Waals surface area contributed by atoms with Crippen molar-refractivity contribution < 1.29 is 14.7 Å². The van der Waals surface area contributed by atoms with E-state index in [1.54, 1.807) is 23.1 Å². The van der Waals surface area contributed by atoms with E-state index in [9.17, 15) is 9.59 Å². The topological polar surface area (TPSA) is 57.6 Å². The number of rotatable bonds is 3. The molecule has 1 amide bonds. The Kier molecular flexibility index (Phi) is 3.90. The zero-order valence-corrected chi connectivity index (χ0v) is 12.9. The van der Waals surface area contributed by atoms with Crippen LogP contribution in [0.4, 0.5) is 5.69 Å². The minimum absolute atomic E-state index is 0.000568. The number of thioether (sulfide) groups is 1. The van der Waals surface area contributed by atoms with Crippen molar-refractivity contribution in [2.45, 2.75) is 18.4 Å². The second-order valence-electron chi connectivity index (χ2n) is 5.24. The average Bonchev–Trinajstić information content (AvgIpc) is 2.51. The Hall–Kier alpha value is -2.27. The third kappa shape index (κ3) is 2.85. The van der Waals surface area contributed by atoms with Crippen LogP contribution in [0.5, 0.6) is 0 Å². The molecule has 1 aliphatic heterocycles. The Labute approximate surface area is 132 Å². The number of hydrogen-bond donors (Lipinski definition) is 1. The summed E-state index contributed by atoms with van der Waals surface area (Å²) in [6.45, 7) is 2.47. The Morgan fingerprint density at radius 2 is 1.95 bits per heavy atom. The maximum absolute atomic E-state index is 12.3. The minimum atomic E-state index is -0.985. The first kappa shape index (κ1) is 14.7. The molecule has 0 saturated heterocycles. The molecule has 0 fully saturated rings. The highest BCUT2D eigenvalue weighted by atomic mass is 32.2. The molecule has 4 nitrogen and oxygen atoms in total. The number of carboxylic acids is 1. The molecule has 0 unspecified atom stereocenters. The number of aromatic carboxylic acids is 1. The van der Waals surface area contributed by atoms with E-state index in [0.29, 0.717) is 18.0 Å². The van der Waals surface area contributed by atoms with Gasteiger partial charge in [0.15, 0.2) is 0 Å². The lowest BCUT2D eigenvalue weighted by molar-refractivity contribution is -0.116. The predicted octanol–water partition coefficient (Wildman–Crippen LogP) is 3.33. The lowest BCUT2D eigenvalue weighted by Gasteiger charge is -2.29. The van der Waals surface area contributed by atoms with Crippen molar-refractivity contribution >= 4 is 29.3 Å². The van der Waals surface area contributed by atoms with E-state index in [0.717, 1.165) is 16.0 Å². The van der Waals surface area contributed by atoms with Crippen LogP contribution < -0.4 is 4.90 Å². The third-order valence-corrected chi connectivity index (χ3v) is 4.66. The van der Waals surface area contributed by atoms with Crippen LogP contribution in [0, 0.1) is 6.92 Å². The molecule has 0 aliphatic carbocycles. The van der Waals surface area contributed by atoms with Crippen molar-refractivity contribution in [2.75, 3.05) is 10.7 Å². The van der Waals surface area contributed by atoms with E-state index in [1.807, 2.05) is 31.2 Å². The summed E-state index contributed by atoms with van der Waals surface area (Å²) in [6, 6.07) is 12.9. The van der Waals surface area contributed by atoms with Gasteiger partial charge in [-0.15, -0.1) is 11.8 Å². The summed E-state index contributed by atoms with van der Waals surface area (Å²) in [5, 5.41) is 9.15. The Bertz CT molecular complexity index is 740. The number of carbonyl (C=O) groups excluding carboxylic acids is 1. The number of hydrogen-bond acceptors (Lipinski definition) is 3. The highest BCUT2D eigenvalue weighted by Gasteiger charge is 2.25. The first-order valence-electron chi connectivity index (χ1n) is 6.90. The quantitative estimate of drug-likeness (QED) is 0.944. The molecular weight excluding hydrogens is 298 g/mol. The van der Waals surface area contributed by atoms with Crippen molar-refractivity contribution in [1.29, 1.82) is 0 Å². The molecule has 1 aliphatic rings. The summed E-state index contributed by atoms with van der Waals surface area (Å²) in [7, 11) is 0. The Morgan fingerprint density at radius 1 is 1.23 bits per heavy atom. The molecule has 2 aromatic rings. The van der Waals surface area contributed by atoms with E-state index in [1.165, 1.54) is 11.8 Å². The van der Waals surface area contributed by atoms with Crippen LogP contribution >= 0.6 is 11.8 Å². The van der Waals surface area contributed by atoms with Crippen molar-refractivity contribution in [2.24, 2.45) is 0 Å². The zero-order valence-electron chi connectivity index (χ0n) is 12.1. The van der Waals surface area contributed by atoms with Gasteiger partial charge in [-0.2, -0.15) is 0 Å². The number of nitrogens with zero attached hydrogens (tertiary/aromatic N) is 1. The Morgan fingerprint density at radius 3 is 2.64 bits per heavy atom. The molecule has 0 radical (unpaired) electrons. The van der Waals surface area contributed by atoms with Crippen LogP contribution in [0.1, 0.15) is 21.5 Å². The summed E-state index contributed by atoms with van der Waals surface area (Å²) >= 11 is 1.45. The lowest BCUT2D eigenvalue weighted by atomic mass is 10.1. The van der Waals surface area contributed by atoms with Gasteiger partial charge in [-0.05, 0) is 30.7 Å². The molecule has 1 N–H and O–H groups in total. The highest BCUT2D eigenvalue weighted by molar-refractivity contribution is 8.00. The van der Waals surface area contributed by atoms with Gasteiger partial charge in [0.05, 0.1) is 23.5 Å². The number of anilines is 1. The van der Waals surface area contributed by atoms with Gasteiger partial charge in [0.1, 0.15) is 0 Å². The predicted molar refractivity (Wildman–Crippen MR) is 86.5 cm³/mol. The molecule has 5 heteroatoms. The molecular formula is C17H15NO3S. The average molecular weight is 313 g/mol. The van der Waals surface area contributed by atoms with Crippen LogP contribution in [0.25, 0.3) is 0 Å². The van der Waals surface area contributed by atoms with E-state index >= 15 is 0 Å². The second kappa shape index (κ2) is 5.85. The van der Waals surface area contributed by atoms with E-state index in [2.05, 4.69) is 0 Å². The fourth-order valence-corrected chi connectivity index (χ4v) is 3.30. The van der Waals surface area contributed by atoms with Crippen molar-refractivity contribution in [3.63, 3.8) is 0 Å². The van der Waals surface area contributed by atoms with Gasteiger partial charge in [-0.25, -0.2) is 4.79 Å².